The molecule has 0 aliphatic carbocycles. The number of nitrogens with zero attached hydrogens (tertiary/aromatic N) is 3. The summed E-state index contributed by atoms with van der Waals surface area (Å²) in [5.41, 5.74) is 2.82. The minimum Gasteiger partial charge on any atom is -0.323 e. The summed E-state index contributed by atoms with van der Waals surface area (Å²) in [6.45, 7) is 0.588. The number of hydrogen-bond donors (Lipinski definition) is 1. The summed E-state index contributed by atoms with van der Waals surface area (Å²) in [5, 5.41) is 2.87. The highest BCUT2D eigenvalue weighted by Gasteiger charge is 2.19. The number of urea groups is 1. The molecule has 0 bridgehead atoms. The van der Waals surface area contributed by atoms with E-state index in [0.29, 0.717) is 6.54 Å². The number of anilines is 1. The normalized spacial score (nSPS) is 16.1. The second-order valence-corrected chi connectivity index (χ2v) is 8.23. The zero-order chi connectivity index (χ0) is 16.4. The maximum Gasteiger partial charge on any atom is 0.321 e. The van der Waals surface area contributed by atoms with Gasteiger partial charge in [-0.05, 0) is 45.5 Å². The van der Waals surface area contributed by atoms with Gasteiger partial charge in [0.05, 0.1) is 5.69 Å². The molecule has 6 heteroatoms. The molecule has 23 heavy (non-hydrogen) atoms. The third-order valence-electron chi connectivity index (χ3n) is 3.91. The Bertz CT molecular complexity index is 867. The molecular weight excluding hydrogens is 308 g/mol. The summed E-state index contributed by atoms with van der Waals surface area (Å²) >= 11 is 0. The van der Waals surface area contributed by atoms with Crippen molar-refractivity contribution >= 4 is 27.0 Å². The van der Waals surface area contributed by atoms with Crippen LogP contribution in [0.3, 0.4) is 0 Å². The van der Waals surface area contributed by atoms with Crippen LogP contribution < -0.4 is 5.32 Å². The van der Waals surface area contributed by atoms with E-state index >= 15 is 0 Å². The zero-order valence-electron chi connectivity index (χ0n) is 13.5. The van der Waals surface area contributed by atoms with Crippen LogP contribution in [0.5, 0.6) is 0 Å². The van der Waals surface area contributed by atoms with Crippen LogP contribution >= 0.6 is 0 Å². The molecule has 3 rings (SSSR count). The van der Waals surface area contributed by atoms with Gasteiger partial charge in [0.1, 0.15) is 0 Å². The van der Waals surface area contributed by atoms with Gasteiger partial charge < -0.3 is 10.2 Å². The van der Waals surface area contributed by atoms with Gasteiger partial charge in [-0.25, -0.2) is 9.16 Å². The van der Waals surface area contributed by atoms with Gasteiger partial charge in [0.15, 0.2) is 0 Å². The average Bonchev–Trinajstić information content (AvgIpc) is 2.57. The molecule has 1 unspecified atom stereocenters. The molecule has 5 nitrogen and oxygen atoms in total. The maximum absolute atomic E-state index is 11.7. The van der Waals surface area contributed by atoms with Crippen LogP contribution in [0.1, 0.15) is 5.56 Å². The average molecular weight is 328 g/mol. The number of hydrogen-bond acceptors (Lipinski definition) is 3. The highest BCUT2D eigenvalue weighted by molar-refractivity contribution is 7.95. The van der Waals surface area contributed by atoms with Crippen molar-refractivity contribution in [2.45, 2.75) is 11.4 Å². The lowest BCUT2D eigenvalue weighted by molar-refractivity contribution is 0.218. The molecule has 2 aromatic rings. The Kier molecular flexibility index (Phi) is 4.09. The van der Waals surface area contributed by atoms with Crippen LogP contribution in [0.2, 0.25) is 0 Å². The summed E-state index contributed by atoms with van der Waals surface area (Å²) in [5.74, 6) is 0. The summed E-state index contributed by atoms with van der Waals surface area (Å²) in [6.07, 6.45) is 2.08. The molecule has 1 atom stereocenters. The van der Waals surface area contributed by atoms with Crippen molar-refractivity contribution in [3.05, 3.63) is 54.1 Å². The van der Waals surface area contributed by atoms with Crippen LogP contribution in [0.4, 0.5) is 16.2 Å². The van der Waals surface area contributed by atoms with Gasteiger partial charge in [0.25, 0.3) is 0 Å². The van der Waals surface area contributed by atoms with E-state index in [0.717, 1.165) is 21.8 Å². The second kappa shape index (κ2) is 6.04. The van der Waals surface area contributed by atoms with Crippen molar-refractivity contribution in [2.24, 2.45) is 8.73 Å². The van der Waals surface area contributed by atoms with E-state index in [9.17, 15) is 4.79 Å². The van der Waals surface area contributed by atoms with Gasteiger partial charge in [-0.3, -0.25) is 4.36 Å². The van der Waals surface area contributed by atoms with Crippen molar-refractivity contribution in [3.63, 3.8) is 0 Å². The van der Waals surface area contributed by atoms with E-state index in [1.165, 1.54) is 0 Å². The van der Waals surface area contributed by atoms with E-state index in [2.05, 4.69) is 28.1 Å². The predicted octanol–water partition coefficient (Wildman–Crippen LogP) is 4.14. The number of carbonyl (C=O) groups is 1. The van der Waals surface area contributed by atoms with E-state index in [1.54, 1.807) is 11.9 Å². The Hall–Kier alpha value is -2.34. The Morgan fingerprint density at radius 1 is 1.17 bits per heavy atom. The van der Waals surface area contributed by atoms with Crippen LogP contribution in [0, 0.1) is 0 Å². The molecule has 2 amide bonds. The number of benzene rings is 2. The number of carbonyl (C=O) groups excluding carboxylic acids is 1. The fraction of sp³-hybridized carbons (Fsp3) is 0.235. The Balaban J connectivity index is 2.06. The molecule has 1 aliphatic rings. The third kappa shape index (κ3) is 3.07. The topological polar surface area (TPSA) is 57.1 Å². The molecule has 120 valence electrons. The van der Waals surface area contributed by atoms with Crippen LogP contribution in [0.15, 0.2) is 62.2 Å². The van der Waals surface area contributed by atoms with Crippen molar-refractivity contribution in [1.82, 2.24) is 4.90 Å². The number of fused-ring (bicyclic) bond motifs is 1. The van der Waals surface area contributed by atoms with E-state index < -0.39 is 9.62 Å². The van der Waals surface area contributed by atoms with Gasteiger partial charge in [-0.15, -0.1) is 0 Å². The summed E-state index contributed by atoms with van der Waals surface area (Å²) in [4.78, 5) is 14.5. The van der Waals surface area contributed by atoms with E-state index in [1.807, 2.05) is 43.4 Å². The SMILES string of the molecule is CN=S(C)(=Nc1ccc2c(c1)CN(C)C(=O)N2)c1ccccc1. The molecule has 0 saturated carbocycles. The smallest absolute Gasteiger partial charge is 0.321 e. The number of amides is 2. The molecule has 1 aliphatic heterocycles. The third-order valence-corrected chi connectivity index (χ3v) is 6.36. The lowest BCUT2D eigenvalue weighted by Crippen LogP contribution is -2.35. The van der Waals surface area contributed by atoms with Gasteiger partial charge in [0.2, 0.25) is 0 Å². The van der Waals surface area contributed by atoms with Crippen molar-refractivity contribution in [3.8, 4) is 0 Å². The maximum atomic E-state index is 11.7. The molecule has 2 aromatic carbocycles. The largest absolute Gasteiger partial charge is 0.323 e. The second-order valence-electron chi connectivity index (χ2n) is 5.55. The highest BCUT2D eigenvalue weighted by Crippen LogP contribution is 2.29. The molecule has 1 heterocycles. The zero-order valence-corrected chi connectivity index (χ0v) is 14.3. The minimum atomic E-state index is -1.61. The molecule has 0 radical (unpaired) electrons. The van der Waals surface area contributed by atoms with Crippen LogP contribution in [0.25, 0.3) is 0 Å². The molecule has 0 fully saturated rings. The van der Waals surface area contributed by atoms with Crippen molar-refractivity contribution < 1.29 is 4.79 Å². The first-order valence-electron chi connectivity index (χ1n) is 7.34. The van der Waals surface area contributed by atoms with Crippen molar-refractivity contribution in [1.29, 1.82) is 0 Å². The molecule has 0 spiro atoms. The first-order valence-corrected chi connectivity index (χ1v) is 9.30. The monoisotopic (exact) mass is 328 g/mol. The van der Waals surface area contributed by atoms with Gasteiger partial charge >= 0.3 is 6.03 Å². The number of rotatable bonds is 2. The van der Waals surface area contributed by atoms with Crippen LogP contribution in [-0.2, 0) is 16.2 Å². The Morgan fingerprint density at radius 3 is 2.61 bits per heavy atom. The fourth-order valence-corrected chi connectivity index (χ4v) is 4.10. The van der Waals surface area contributed by atoms with E-state index in [4.69, 9.17) is 4.36 Å². The van der Waals surface area contributed by atoms with E-state index in [-0.39, 0.29) is 6.03 Å². The molecule has 0 saturated heterocycles. The molecular formula is C17H20N4OS. The number of nitrogens with one attached hydrogen (secondary N) is 1. The molecule has 0 aromatic heterocycles. The predicted molar refractivity (Wildman–Crippen MR) is 95.4 cm³/mol. The first kappa shape index (κ1) is 15.6. The lowest BCUT2D eigenvalue weighted by atomic mass is 10.1. The lowest BCUT2D eigenvalue weighted by Gasteiger charge is -2.26. The summed E-state index contributed by atoms with van der Waals surface area (Å²) in [6, 6.07) is 16.0. The Morgan fingerprint density at radius 2 is 1.91 bits per heavy atom. The van der Waals surface area contributed by atoms with Gasteiger partial charge in [-0.2, -0.15) is 0 Å². The minimum absolute atomic E-state index is 0.0782. The van der Waals surface area contributed by atoms with Gasteiger partial charge in [0, 0.05) is 37.5 Å². The summed E-state index contributed by atoms with van der Waals surface area (Å²) in [7, 11) is 1.99. The Labute approximate surface area is 137 Å². The van der Waals surface area contributed by atoms with Gasteiger partial charge in [-0.1, -0.05) is 18.2 Å². The first-order chi connectivity index (χ1) is 11.0. The summed E-state index contributed by atoms with van der Waals surface area (Å²) < 4.78 is 9.48. The quantitative estimate of drug-likeness (QED) is 0.885. The highest BCUT2D eigenvalue weighted by atomic mass is 32.2. The fourth-order valence-electron chi connectivity index (χ4n) is 2.51. The standard InChI is InChI=1S/C17H20N4OS/c1-18-23(3,15-7-5-4-6-8-15)20-14-9-10-16-13(11-14)12-21(2)17(22)19-16/h4-11H,12H2,1-3H3,(H,19,22). The van der Waals surface area contributed by atoms with Crippen LogP contribution in [-0.4, -0.2) is 31.3 Å². The van der Waals surface area contributed by atoms with Crippen molar-refractivity contribution in [2.75, 3.05) is 25.7 Å². The molecule has 1 N–H and O–H groups in total.